The van der Waals surface area contributed by atoms with Crippen molar-refractivity contribution in [1.29, 1.82) is 0 Å². The second-order valence-electron chi connectivity index (χ2n) is 8.04. The summed E-state index contributed by atoms with van der Waals surface area (Å²) in [4.78, 5) is 13.6. The standard InChI is InChI=1S/C22H22FN7O3S2.ClH/c1-30-12-14(11-26-30)35(31,32)29-16-4-2-3-15(18(16)23)19-20(17-5-8-25-22(24)27-17)34-21(28-19)13-6-9-33-10-7-13;/h2-5,8,11-13,29H,6-7,9-10H2,1H3,(H2,24,25,27);1H. The Balaban J connectivity index is 0.00000304. The van der Waals surface area contributed by atoms with Gasteiger partial charge in [0.05, 0.1) is 33.2 Å². The fourth-order valence-electron chi connectivity index (χ4n) is 3.85. The highest BCUT2D eigenvalue weighted by Crippen LogP contribution is 2.42. The highest BCUT2D eigenvalue weighted by Gasteiger charge is 2.26. The molecular formula is C22H23ClFN7O3S2. The van der Waals surface area contributed by atoms with E-state index in [9.17, 15) is 8.42 Å². The number of hydrogen-bond donors (Lipinski definition) is 2. The number of halogens is 2. The molecule has 0 spiro atoms. The maximum absolute atomic E-state index is 15.8. The van der Waals surface area contributed by atoms with Gasteiger partial charge in [-0.1, -0.05) is 6.07 Å². The van der Waals surface area contributed by atoms with Gasteiger partial charge in [0.25, 0.3) is 10.0 Å². The zero-order chi connectivity index (χ0) is 24.6. The van der Waals surface area contributed by atoms with E-state index in [1.807, 2.05) is 0 Å². The Hall–Kier alpha value is -3.13. The molecule has 36 heavy (non-hydrogen) atoms. The van der Waals surface area contributed by atoms with Gasteiger partial charge in [-0.2, -0.15) is 5.10 Å². The summed E-state index contributed by atoms with van der Waals surface area (Å²) < 4.78 is 50.5. The summed E-state index contributed by atoms with van der Waals surface area (Å²) in [5.74, 6) is -0.476. The second-order valence-corrected chi connectivity index (χ2v) is 10.8. The lowest BCUT2D eigenvalue weighted by Gasteiger charge is -2.19. The lowest BCUT2D eigenvalue weighted by Crippen LogP contribution is -2.14. The number of nitrogen functional groups attached to an aromatic ring is 1. The highest BCUT2D eigenvalue weighted by atomic mass is 35.5. The maximum atomic E-state index is 15.8. The van der Waals surface area contributed by atoms with Crippen LogP contribution in [0, 0.1) is 5.82 Å². The molecule has 0 aliphatic carbocycles. The minimum Gasteiger partial charge on any atom is -0.381 e. The van der Waals surface area contributed by atoms with E-state index in [1.54, 1.807) is 25.2 Å². The van der Waals surface area contributed by atoms with Crippen molar-refractivity contribution >= 4 is 45.4 Å². The van der Waals surface area contributed by atoms with Gasteiger partial charge in [-0.25, -0.2) is 27.8 Å². The molecule has 1 aliphatic rings. The first-order valence-electron chi connectivity index (χ1n) is 10.8. The molecule has 1 aliphatic heterocycles. The fourth-order valence-corrected chi connectivity index (χ4v) is 6.11. The molecule has 0 bridgehead atoms. The van der Waals surface area contributed by atoms with Crippen LogP contribution in [0.4, 0.5) is 16.0 Å². The van der Waals surface area contributed by atoms with Crippen molar-refractivity contribution in [3.8, 4) is 21.8 Å². The molecule has 4 heterocycles. The lowest BCUT2D eigenvalue weighted by atomic mass is 10.0. The van der Waals surface area contributed by atoms with Crippen LogP contribution in [0.15, 0.2) is 47.8 Å². The number of nitrogens with one attached hydrogen (secondary N) is 1. The van der Waals surface area contributed by atoms with E-state index < -0.39 is 15.8 Å². The van der Waals surface area contributed by atoms with Gasteiger partial charge in [0.1, 0.15) is 4.90 Å². The number of ether oxygens (including phenoxy) is 1. The van der Waals surface area contributed by atoms with E-state index in [4.69, 9.17) is 15.5 Å². The summed E-state index contributed by atoms with van der Waals surface area (Å²) in [6.07, 6.45) is 5.69. The number of nitrogens with two attached hydrogens (primary N) is 1. The number of anilines is 2. The molecule has 1 saturated heterocycles. The van der Waals surface area contributed by atoms with Crippen molar-refractivity contribution in [3.63, 3.8) is 0 Å². The number of benzene rings is 1. The number of rotatable bonds is 6. The molecule has 0 amide bonds. The van der Waals surface area contributed by atoms with E-state index >= 15 is 4.39 Å². The molecule has 190 valence electrons. The molecule has 3 aromatic heterocycles. The minimum absolute atomic E-state index is 0. The minimum atomic E-state index is -4.04. The van der Waals surface area contributed by atoms with E-state index in [-0.39, 0.29) is 40.4 Å². The number of nitrogens with zero attached hydrogens (tertiary/aromatic N) is 5. The normalized spacial score (nSPS) is 14.4. The van der Waals surface area contributed by atoms with E-state index in [0.29, 0.717) is 29.5 Å². The Morgan fingerprint density at radius 2 is 2.00 bits per heavy atom. The summed E-state index contributed by atoms with van der Waals surface area (Å²) in [5.41, 5.74) is 6.65. The molecule has 4 aromatic rings. The Kier molecular flexibility index (Phi) is 7.54. The Morgan fingerprint density at radius 3 is 2.69 bits per heavy atom. The molecule has 3 N–H and O–H groups in total. The van der Waals surface area contributed by atoms with Crippen LogP contribution in [-0.4, -0.2) is 46.4 Å². The summed E-state index contributed by atoms with van der Waals surface area (Å²) in [7, 11) is -2.44. The monoisotopic (exact) mass is 551 g/mol. The van der Waals surface area contributed by atoms with Crippen LogP contribution in [-0.2, 0) is 21.8 Å². The zero-order valence-corrected chi connectivity index (χ0v) is 21.5. The van der Waals surface area contributed by atoms with Crippen LogP contribution in [0.5, 0.6) is 0 Å². The molecule has 0 unspecified atom stereocenters. The van der Waals surface area contributed by atoms with Gasteiger partial charge in [0.15, 0.2) is 5.82 Å². The average Bonchev–Trinajstić information content (AvgIpc) is 3.48. The fraction of sp³-hybridized carbons (Fsp3) is 0.273. The third-order valence-corrected chi connectivity index (χ3v) is 8.17. The van der Waals surface area contributed by atoms with Crippen molar-refractivity contribution in [3.05, 3.63) is 53.7 Å². The summed E-state index contributed by atoms with van der Waals surface area (Å²) in [5, 5.41) is 4.72. The molecule has 0 saturated carbocycles. The Bertz CT molecular complexity index is 1490. The van der Waals surface area contributed by atoms with E-state index in [0.717, 1.165) is 17.8 Å². The summed E-state index contributed by atoms with van der Waals surface area (Å²) >= 11 is 1.42. The summed E-state index contributed by atoms with van der Waals surface area (Å²) in [6, 6.07) is 6.19. The molecular weight excluding hydrogens is 529 g/mol. The molecule has 5 rings (SSSR count). The molecule has 0 atom stereocenters. The van der Waals surface area contributed by atoms with Crippen LogP contribution in [0.3, 0.4) is 0 Å². The third-order valence-electron chi connectivity index (χ3n) is 5.61. The maximum Gasteiger partial charge on any atom is 0.265 e. The second kappa shape index (κ2) is 10.5. The SMILES string of the molecule is Cl.Cn1cc(S(=O)(=O)Nc2cccc(-c3nc(C4CCOCC4)sc3-c3ccnc(N)n3)c2F)cn1. The van der Waals surface area contributed by atoms with Gasteiger partial charge in [-0.3, -0.25) is 9.40 Å². The van der Waals surface area contributed by atoms with E-state index in [2.05, 4.69) is 19.8 Å². The molecule has 10 nitrogen and oxygen atoms in total. The Labute approximate surface area is 217 Å². The first kappa shape index (κ1) is 25.9. The van der Waals surface area contributed by atoms with Crippen molar-refractivity contribution in [2.75, 3.05) is 23.7 Å². The zero-order valence-electron chi connectivity index (χ0n) is 19.1. The van der Waals surface area contributed by atoms with Crippen molar-refractivity contribution in [2.24, 2.45) is 7.05 Å². The van der Waals surface area contributed by atoms with Crippen LogP contribution in [0.2, 0.25) is 0 Å². The first-order chi connectivity index (χ1) is 16.8. The number of aromatic nitrogens is 5. The van der Waals surface area contributed by atoms with E-state index in [1.165, 1.54) is 40.7 Å². The largest absolute Gasteiger partial charge is 0.381 e. The predicted octanol–water partition coefficient (Wildman–Crippen LogP) is 3.84. The van der Waals surface area contributed by atoms with Gasteiger partial charge in [0, 0.05) is 44.1 Å². The molecule has 14 heteroatoms. The summed E-state index contributed by atoms with van der Waals surface area (Å²) in [6.45, 7) is 1.27. The van der Waals surface area contributed by atoms with Crippen LogP contribution in [0.1, 0.15) is 23.8 Å². The van der Waals surface area contributed by atoms with Gasteiger partial charge in [-0.15, -0.1) is 23.7 Å². The topological polar surface area (TPSA) is 138 Å². The quantitative estimate of drug-likeness (QED) is 0.368. The van der Waals surface area contributed by atoms with Gasteiger partial charge >= 0.3 is 0 Å². The van der Waals surface area contributed by atoms with Crippen LogP contribution >= 0.6 is 23.7 Å². The predicted molar refractivity (Wildman–Crippen MR) is 137 cm³/mol. The smallest absolute Gasteiger partial charge is 0.265 e. The molecule has 1 fully saturated rings. The van der Waals surface area contributed by atoms with Crippen molar-refractivity contribution < 1.29 is 17.5 Å². The van der Waals surface area contributed by atoms with Crippen LogP contribution < -0.4 is 10.5 Å². The van der Waals surface area contributed by atoms with Gasteiger partial charge < -0.3 is 10.5 Å². The first-order valence-corrected chi connectivity index (χ1v) is 13.1. The average molecular weight is 552 g/mol. The van der Waals surface area contributed by atoms with Crippen molar-refractivity contribution in [2.45, 2.75) is 23.7 Å². The molecule has 1 aromatic carbocycles. The van der Waals surface area contributed by atoms with Crippen molar-refractivity contribution in [1.82, 2.24) is 24.7 Å². The Morgan fingerprint density at radius 1 is 1.22 bits per heavy atom. The van der Waals surface area contributed by atoms with Gasteiger partial charge in [-0.05, 0) is 31.0 Å². The lowest BCUT2D eigenvalue weighted by molar-refractivity contribution is 0.0853. The molecule has 0 radical (unpaired) electrons. The highest BCUT2D eigenvalue weighted by molar-refractivity contribution is 7.92. The van der Waals surface area contributed by atoms with Crippen LogP contribution in [0.25, 0.3) is 21.8 Å². The number of sulfonamides is 1. The number of hydrogen-bond acceptors (Lipinski definition) is 9. The number of aryl methyl sites for hydroxylation is 1. The number of thiazole rings is 1. The third kappa shape index (κ3) is 5.19. The van der Waals surface area contributed by atoms with Gasteiger partial charge in [0.2, 0.25) is 5.95 Å².